The number of carbonyl (C=O) groups is 1. The highest BCUT2D eigenvalue weighted by Gasteiger charge is 2.19. The molecule has 20 heavy (non-hydrogen) atoms. The van der Waals surface area contributed by atoms with Gasteiger partial charge in [0.1, 0.15) is 5.75 Å². The van der Waals surface area contributed by atoms with E-state index in [-0.39, 0.29) is 24.4 Å². The zero-order valence-electron chi connectivity index (χ0n) is 11.6. The van der Waals surface area contributed by atoms with E-state index in [9.17, 15) is 4.79 Å². The van der Waals surface area contributed by atoms with Gasteiger partial charge in [-0.2, -0.15) is 0 Å². The minimum atomic E-state index is 0. The number of para-hydroxylation sites is 1. The first kappa shape index (κ1) is 16.5. The number of piperidine rings is 1. The molecule has 1 heterocycles. The number of amides is 1. The molecular formula is C15H21ClN2O2. The topological polar surface area (TPSA) is 55.6 Å². The Kier molecular flexibility index (Phi) is 6.55. The predicted molar refractivity (Wildman–Crippen MR) is 83.1 cm³/mol. The smallest absolute Gasteiger partial charge is 0.246 e. The van der Waals surface area contributed by atoms with Crippen molar-refractivity contribution in [3.63, 3.8) is 0 Å². The summed E-state index contributed by atoms with van der Waals surface area (Å²) >= 11 is 0. The number of nitrogens with zero attached hydrogens (tertiary/aromatic N) is 1. The molecule has 0 spiro atoms. The Morgan fingerprint density at radius 1 is 1.45 bits per heavy atom. The number of benzene rings is 1. The van der Waals surface area contributed by atoms with E-state index in [0.717, 1.165) is 30.7 Å². The minimum absolute atomic E-state index is 0. The third-order valence-corrected chi connectivity index (χ3v) is 3.31. The fourth-order valence-electron chi connectivity index (χ4n) is 2.28. The van der Waals surface area contributed by atoms with E-state index in [1.54, 1.807) is 24.2 Å². The van der Waals surface area contributed by atoms with Crippen LogP contribution in [-0.4, -0.2) is 37.0 Å². The summed E-state index contributed by atoms with van der Waals surface area (Å²) in [7, 11) is 1.62. The molecule has 5 heteroatoms. The summed E-state index contributed by atoms with van der Waals surface area (Å²) in [6.07, 6.45) is 5.37. The molecule has 1 saturated heterocycles. The van der Waals surface area contributed by atoms with Crippen molar-refractivity contribution in [1.29, 1.82) is 0 Å². The Morgan fingerprint density at radius 2 is 2.20 bits per heavy atom. The maximum absolute atomic E-state index is 12.1. The Morgan fingerprint density at radius 3 is 2.90 bits per heavy atom. The molecule has 1 fully saturated rings. The van der Waals surface area contributed by atoms with Crippen LogP contribution >= 0.6 is 12.4 Å². The normalized spacial score (nSPS) is 18.7. The van der Waals surface area contributed by atoms with Crippen molar-refractivity contribution in [1.82, 2.24) is 4.90 Å². The van der Waals surface area contributed by atoms with Crippen molar-refractivity contribution in [2.24, 2.45) is 5.73 Å². The fraction of sp³-hybridized carbons (Fsp3) is 0.400. The summed E-state index contributed by atoms with van der Waals surface area (Å²) in [6, 6.07) is 7.73. The third-order valence-electron chi connectivity index (χ3n) is 3.31. The van der Waals surface area contributed by atoms with Crippen LogP contribution in [0.3, 0.4) is 0 Å². The number of halogens is 1. The summed E-state index contributed by atoms with van der Waals surface area (Å²) in [6.45, 7) is 1.44. The molecule has 1 unspecified atom stereocenters. The Bertz CT molecular complexity index is 477. The van der Waals surface area contributed by atoms with Crippen molar-refractivity contribution in [2.45, 2.75) is 18.9 Å². The quantitative estimate of drug-likeness (QED) is 0.869. The molecule has 1 aromatic rings. The number of hydrogen-bond donors (Lipinski definition) is 1. The largest absolute Gasteiger partial charge is 0.496 e. The second-order valence-electron chi connectivity index (χ2n) is 4.76. The molecule has 1 aromatic carbocycles. The molecule has 0 bridgehead atoms. The van der Waals surface area contributed by atoms with Gasteiger partial charge in [-0.25, -0.2) is 0 Å². The Labute approximate surface area is 126 Å². The summed E-state index contributed by atoms with van der Waals surface area (Å²) in [5, 5.41) is 0. The van der Waals surface area contributed by atoms with Crippen LogP contribution in [0, 0.1) is 0 Å². The van der Waals surface area contributed by atoms with Crippen LogP contribution in [0.5, 0.6) is 5.75 Å². The van der Waals surface area contributed by atoms with Crippen molar-refractivity contribution in [3.8, 4) is 5.75 Å². The maximum Gasteiger partial charge on any atom is 0.246 e. The van der Waals surface area contributed by atoms with Gasteiger partial charge in [0.2, 0.25) is 5.91 Å². The first-order chi connectivity index (χ1) is 9.20. The lowest BCUT2D eigenvalue weighted by Gasteiger charge is -2.29. The van der Waals surface area contributed by atoms with Gasteiger partial charge < -0.3 is 15.4 Å². The van der Waals surface area contributed by atoms with Gasteiger partial charge in [-0.05, 0) is 25.0 Å². The number of hydrogen-bond acceptors (Lipinski definition) is 3. The van der Waals surface area contributed by atoms with E-state index in [1.165, 1.54) is 0 Å². The molecule has 110 valence electrons. The lowest BCUT2D eigenvalue weighted by atomic mass is 10.1. The molecule has 0 saturated carbocycles. The van der Waals surface area contributed by atoms with Crippen molar-refractivity contribution in [3.05, 3.63) is 35.9 Å². The van der Waals surface area contributed by atoms with Gasteiger partial charge >= 0.3 is 0 Å². The monoisotopic (exact) mass is 296 g/mol. The summed E-state index contributed by atoms with van der Waals surface area (Å²) in [4.78, 5) is 13.9. The van der Waals surface area contributed by atoms with Crippen LogP contribution in [0.4, 0.5) is 0 Å². The lowest BCUT2D eigenvalue weighted by Crippen LogP contribution is -2.45. The van der Waals surface area contributed by atoms with E-state index in [0.29, 0.717) is 6.54 Å². The standard InChI is InChI=1S/C15H20N2O2.ClH/c1-19-14-7-3-2-5-12(14)8-9-15(18)17-10-4-6-13(16)11-17;/h2-3,5,7-9,13H,4,6,10-11,16H2,1H3;1H/b9-8+;. The van der Waals surface area contributed by atoms with Gasteiger partial charge in [0.05, 0.1) is 7.11 Å². The van der Waals surface area contributed by atoms with Crippen LogP contribution in [0.1, 0.15) is 18.4 Å². The van der Waals surface area contributed by atoms with Gasteiger partial charge in [-0.3, -0.25) is 4.79 Å². The first-order valence-electron chi connectivity index (χ1n) is 6.56. The summed E-state index contributed by atoms with van der Waals surface area (Å²) < 4.78 is 5.24. The average Bonchev–Trinajstić information content (AvgIpc) is 2.45. The molecular weight excluding hydrogens is 276 g/mol. The molecule has 0 aromatic heterocycles. The highest BCUT2D eigenvalue weighted by molar-refractivity contribution is 5.92. The molecule has 1 atom stereocenters. The highest BCUT2D eigenvalue weighted by Crippen LogP contribution is 2.19. The van der Waals surface area contributed by atoms with Crippen LogP contribution in [0.25, 0.3) is 6.08 Å². The number of likely N-dealkylation sites (tertiary alicyclic amines) is 1. The molecule has 0 aliphatic carbocycles. The number of carbonyl (C=O) groups excluding carboxylic acids is 1. The van der Waals surface area contributed by atoms with E-state index < -0.39 is 0 Å². The zero-order valence-corrected chi connectivity index (χ0v) is 12.4. The SMILES string of the molecule is COc1ccccc1/C=C/C(=O)N1CCCC(N)C1.Cl. The van der Waals surface area contributed by atoms with Gasteiger partial charge in [0.15, 0.2) is 0 Å². The van der Waals surface area contributed by atoms with Crippen molar-refractivity contribution < 1.29 is 9.53 Å². The molecule has 1 aliphatic heterocycles. The van der Waals surface area contributed by atoms with E-state index in [1.807, 2.05) is 24.3 Å². The van der Waals surface area contributed by atoms with Crippen LogP contribution in [-0.2, 0) is 4.79 Å². The number of rotatable bonds is 3. The van der Waals surface area contributed by atoms with E-state index >= 15 is 0 Å². The van der Waals surface area contributed by atoms with E-state index in [4.69, 9.17) is 10.5 Å². The van der Waals surface area contributed by atoms with Crippen molar-refractivity contribution in [2.75, 3.05) is 20.2 Å². The average molecular weight is 297 g/mol. The summed E-state index contributed by atoms with van der Waals surface area (Å²) in [5.74, 6) is 0.781. The van der Waals surface area contributed by atoms with Gasteiger partial charge in [0.25, 0.3) is 0 Å². The van der Waals surface area contributed by atoms with Crippen LogP contribution in [0.2, 0.25) is 0 Å². The van der Waals surface area contributed by atoms with E-state index in [2.05, 4.69) is 0 Å². The second kappa shape index (κ2) is 7.92. The van der Waals surface area contributed by atoms with Crippen LogP contribution in [0.15, 0.2) is 30.3 Å². The minimum Gasteiger partial charge on any atom is -0.496 e. The Balaban J connectivity index is 0.00000200. The van der Waals surface area contributed by atoms with Gasteiger partial charge in [0, 0.05) is 30.8 Å². The van der Waals surface area contributed by atoms with Gasteiger partial charge in [-0.1, -0.05) is 18.2 Å². The third kappa shape index (κ3) is 4.25. The molecule has 4 nitrogen and oxygen atoms in total. The Hall–Kier alpha value is -1.52. The summed E-state index contributed by atoms with van der Waals surface area (Å²) in [5.41, 5.74) is 6.78. The number of nitrogens with two attached hydrogens (primary N) is 1. The molecule has 2 rings (SSSR count). The molecule has 1 amide bonds. The van der Waals surface area contributed by atoms with Crippen LogP contribution < -0.4 is 10.5 Å². The molecule has 1 aliphatic rings. The first-order valence-corrected chi connectivity index (χ1v) is 6.56. The fourth-order valence-corrected chi connectivity index (χ4v) is 2.28. The van der Waals surface area contributed by atoms with Gasteiger partial charge in [-0.15, -0.1) is 12.4 Å². The molecule has 2 N–H and O–H groups in total. The molecule has 0 radical (unpaired) electrons. The predicted octanol–water partition coefficient (Wildman–Crippen LogP) is 2.08. The van der Waals surface area contributed by atoms with Crippen molar-refractivity contribution >= 4 is 24.4 Å². The maximum atomic E-state index is 12.1. The number of methoxy groups -OCH3 is 1. The number of ether oxygens (including phenoxy) is 1. The lowest BCUT2D eigenvalue weighted by molar-refractivity contribution is -0.127. The second-order valence-corrected chi connectivity index (χ2v) is 4.76. The highest BCUT2D eigenvalue weighted by atomic mass is 35.5. The zero-order chi connectivity index (χ0) is 13.7.